The van der Waals surface area contributed by atoms with E-state index in [1.165, 1.54) is 22.3 Å². The van der Waals surface area contributed by atoms with Gasteiger partial charge in [0.25, 0.3) is 0 Å². The first-order valence-electron chi connectivity index (χ1n) is 7.12. The van der Waals surface area contributed by atoms with Crippen LogP contribution in [-0.4, -0.2) is 32.9 Å². The normalized spacial score (nSPS) is 24.6. The fourth-order valence-electron chi connectivity index (χ4n) is 3.47. The molecular formula is C15H19NO3. The molecule has 0 bridgehead atoms. The predicted molar refractivity (Wildman–Crippen MR) is 71.1 cm³/mol. The van der Waals surface area contributed by atoms with Gasteiger partial charge in [0.1, 0.15) is 11.5 Å². The first-order valence-corrected chi connectivity index (χ1v) is 7.12. The molecule has 3 heterocycles. The molecule has 0 amide bonds. The maximum Gasteiger partial charge on any atom is 0.129 e. The highest BCUT2D eigenvalue weighted by Crippen LogP contribution is 2.47. The summed E-state index contributed by atoms with van der Waals surface area (Å²) in [5, 5.41) is 3.41. The molecule has 4 rings (SSSR count). The van der Waals surface area contributed by atoms with Crippen LogP contribution < -0.4 is 14.8 Å². The number of nitrogens with one attached hydrogen (secondary N) is 1. The number of fused-ring (bicyclic) bond motifs is 2. The number of benzene rings is 1. The lowest BCUT2D eigenvalue weighted by Crippen LogP contribution is -2.34. The molecule has 0 saturated carbocycles. The molecule has 1 aromatic carbocycles. The standard InChI is InChI=1S/C15H19NO3/c1-9-10-2-5-19-15(10)13(11-3-6-18-14(9)11)12-8-16-4-7-17-12/h12,16H,2-8H2,1H3. The topological polar surface area (TPSA) is 39.7 Å². The van der Waals surface area contributed by atoms with Crippen LogP contribution in [0.25, 0.3) is 0 Å². The van der Waals surface area contributed by atoms with Gasteiger partial charge in [-0.05, 0) is 12.5 Å². The summed E-state index contributed by atoms with van der Waals surface area (Å²) in [6, 6.07) is 0. The minimum Gasteiger partial charge on any atom is -0.493 e. The molecule has 0 spiro atoms. The molecule has 1 unspecified atom stereocenters. The van der Waals surface area contributed by atoms with E-state index in [0.717, 1.165) is 57.3 Å². The van der Waals surface area contributed by atoms with Crippen molar-refractivity contribution in [2.75, 3.05) is 32.9 Å². The summed E-state index contributed by atoms with van der Waals surface area (Å²) in [6.45, 7) is 6.29. The number of ether oxygens (including phenoxy) is 3. The van der Waals surface area contributed by atoms with Crippen molar-refractivity contribution >= 4 is 0 Å². The van der Waals surface area contributed by atoms with Crippen molar-refractivity contribution in [1.29, 1.82) is 0 Å². The molecule has 4 heteroatoms. The van der Waals surface area contributed by atoms with E-state index in [1.54, 1.807) is 0 Å². The Bertz CT molecular complexity index is 486. The van der Waals surface area contributed by atoms with Gasteiger partial charge >= 0.3 is 0 Å². The molecule has 3 aliphatic heterocycles. The second-order valence-corrected chi connectivity index (χ2v) is 5.41. The van der Waals surface area contributed by atoms with Gasteiger partial charge in [0.05, 0.1) is 25.9 Å². The van der Waals surface area contributed by atoms with Crippen molar-refractivity contribution in [3.63, 3.8) is 0 Å². The zero-order valence-electron chi connectivity index (χ0n) is 11.3. The fourth-order valence-corrected chi connectivity index (χ4v) is 3.47. The van der Waals surface area contributed by atoms with Crippen LogP contribution in [0, 0.1) is 6.92 Å². The van der Waals surface area contributed by atoms with E-state index < -0.39 is 0 Å². The number of hydrogen-bond acceptors (Lipinski definition) is 4. The summed E-state index contributed by atoms with van der Waals surface area (Å²) >= 11 is 0. The van der Waals surface area contributed by atoms with Gasteiger partial charge < -0.3 is 19.5 Å². The molecule has 1 aromatic rings. The quantitative estimate of drug-likeness (QED) is 0.832. The Morgan fingerprint density at radius 1 is 1.00 bits per heavy atom. The van der Waals surface area contributed by atoms with E-state index in [1.807, 2.05) is 0 Å². The second-order valence-electron chi connectivity index (χ2n) is 5.41. The van der Waals surface area contributed by atoms with Crippen LogP contribution in [0.4, 0.5) is 0 Å². The Morgan fingerprint density at radius 2 is 1.79 bits per heavy atom. The number of morpholine rings is 1. The van der Waals surface area contributed by atoms with Crippen LogP contribution in [0.15, 0.2) is 0 Å². The summed E-state index contributed by atoms with van der Waals surface area (Å²) in [6.07, 6.45) is 2.07. The molecule has 102 valence electrons. The Hall–Kier alpha value is -1.26. The smallest absolute Gasteiger partial charge is 0.129 e. The molecule has 0 radical (unpaired) electrons. The van der Waals surface area contributed by atoms with Crippen molar-refractivity contribution in [1.82, 2.24) is 5.32 Å². The lowest BCUT2D eigenvalue weighted by molar-refractivity contribution is 0.0257. The molecule has 0 aromatic heterocycles. The second kappa shape index (κ2) is 4.39. The predicted octanol–water partition coefficient (Wildman–Crippen LogP) is 1.53. The van der Waals surface area contributed by atoms with Crippen molar-refractivity contribution in [2.45, 2.75) is 25.9 Å². The van der Waals surface area contributed by atoms with E-state index in [-0.39, 0.29) is 6.10 Å². The van der Waals surface area contributed by atoms with Gasteiger partial charge in [-0.15, -0.1) is 0 Å². The Balaban J connectivity index is 1.89. The van der Waals surface area contributed by atoms with Crippen LogP contribution in [0.2, 0.25) is 0 Å². The summed E-state index contributed by atoms with van der Waals surface area (Å²) in [4.78, 5) is 0. The lowest BCUT2D eigenvalue weighted by atomic mass is 9.91. The third kappa shape index (κ3) is 1.66. The molecule has 3 aliphatic rings. The van der Waals surface area contributed by atoms with Crippen LogP contribution in [0.3, 0.4) is 0 Å². The minimum atomic E-state index is 0.108. The molecule has 0 aliphatic carbocycles. The molecule has 1 atom stereocenters. The van der Waals surface area contributed by atoms with Crippen LogP contribution in [-0.2, 0) is 17.6 Å². The zero-order chi connectivity index (χ0) is 12.8. The van der Waals surface area contributed by atoms with Crippen LogP contribution in [0.1, 0.15) is 28.4 Å². The van der Waals surface area contributed by atoms with Gasteiger partial charge in [-0.25, -0.2) is 0 Å². The van der Waals surface area contributed by atoms with Gasteiger partial charge in [-0.3, -0.25) is 0 Å². The molecule has 4 nitrogen and oxygen atoms in total. The molecule has 1 saturated heterocycles. The fraction of sp³-hybridized carbons (Fsp3) is 0.600. The van der Waals surface area contributed by atoms with E-state index in [0.29, 0.717) is 0 Å². The molecule has 1 N–H and O–H groups in total. The minimum absolute atomic E-state index is 0.108. The van der Waals surface area contributed by atoms with Crippen molar-refractivity contribution in [3.8, 4) is 11.5 Å². The monoisotopic (exact) mass is 261 g/mol. The lowest BCUT2D eigenvalue weighted by Gasteiger charge is -2.27. The maximum absolute atomic E-state index is 5.96. The van der Waals surface area contributed by atoms with Crippen molar-refractivity contribution in [2.24, 2.45) is 0 Å². The zero-order valence-corrected chi connectivity index (χ0v) is 11.3. The summed E-state index contributed by atoms with van der Waals surface area (Å²) in [5.41, 5.74) is 5.15. The van der Waals surface area contributed by atoms with Crippen molar-refractivity contribution < 1.29 is 14.2 Å². The van der Waals surface area contributed by atoms with Crippen LogP contribution >= 0.6 is 0 Å². The van der Waals surface area contributed by atoms with E-state index >= 15 is 0 Å². The van der Waals surface area contributed by atoms with Gasteiger partial charge in [-0.2, -0.15) is 0 Å². The van der Waals surface area contributed by atoms with E-state index in [9.17, 15) is 0 Å². The summed E-state index contributed by atoms with van der Waals surface area (Å²) in [7, 11) is 0. The molecular weight excluding hydrogens is 242 g/mol. The number of rotatable bonds is 1. The maximum atomic E-state index is 5.96. The van der Waals surface area contributed by atoms with Crippen LogP contribution in [0.5, 0.6) is 11.5 Å². The van der Waals surface area contributed by atoms with E-state index in [2.05, 4.69) is 12.2 Å². The highest BCUT2D eigenvalue weighted by molar-refractivity contribution is 5.62. The Morgan fingerprint density at radius 3 is 2.58 bits per heavy atom. The first kappa shape index (κ1) is 11.6. The highest BCUT2D eigenvalue weighted by atomic mass is 16.5. The van der Waals surface area contributed by atoms with Gasteiger partial charge in [0, 0.05) is 42.6 Å². The number of hydrogen-bond donors (Lipinski definition) is 1. The summed E-state index contributed by atoms with van der Waals surface area (Å²) < 4.78 is 17.7. The van der Waals surface area contributed by atoms with E-state index in [4.69, 9.17) is 14.2 Å². The average Bonchev–Trinajstić information content (AvgIpc) is 3.09. The summed E-state index contributed by atoms with van der Waals surface area (Å²) in [5.74, 6) is 2.17. The van der Waals surface area contributed by atoms with Gasteiger partial charge in [0.15, 0.2) is 0 Å². The average molecular weight is 261 g/mol. The Labute approximate surface area is 113 Å². The first-order chi connectivity index (χ1) is 9.36. The highest BCUT2D eigenvalue weighted by Gasteiger charge is 2.34. The third-order valence-corrected chi connectivity index (χ3v) is 4.36. The molecule has 1 fully saturated rings. The van der Waals surface area contributed by atoms with Gasteiger partial charge in [-0.1, -0.05) is 0 Å². The van der Waals surface area contributed by atoms with Gasteiger partial charge in [0.2, 0.25) is 0 Å². The van der Waals surface area contributed by atoms with Crippen molar-refractivity contribution in [3.05, 3.63) is 22.3 Å². The third-order valence-electron chi connectivity index (χ3n) is 4.36. The SMILES string of the molecule is Cc1c2c(c(C3CNCCO3)c3c1OCC3)OCC2. The molecule has 19 heavy (non-hydrogen) atoms. The largest absolute Gasteiger partial charge is 0.493 e. The Kier molecular flexibility index (Phi) is 2.67.